The maximum atomic E-state index is 13.5. The quantitative estimate of drug-likeness (QED) is 0.190. The van der Waals surface area contributed by atoms with Crippen molar-refractivity contribution in [3.8, 4) is 11.1 Å². The van der Waals surface area contributed by atoms with Crippen LogP contribution < -0.4 is 42.3 Å². The Morgan fingerprint density at radius 2 is 1.00 bits per heavy atom. The molecule has 1 nitrogen and oxygen atoms in total. The van der Waals surface area contributed by atoms with Crippen molar-refractivity contribution in [1.29, 1.82) is 0 Å². The predicted octanol–water partition coefficient (Wildman–Crippen LogP) is 6.82. The summed E-state index contributed by atoms with van der Waals surface area (Å²) in [6.07, 6.45) is 6.85. The third kappa shape index (κ3) is 5.36. The molecule has 8 rings (SSSR count). The second-order valence-electron chi connectivity index (χ2n) is 11.9. The van der Waals surface area contributed by atoms with E-state index in [9.17, 15) is 4.89 Å². The van der Waals surface area contributed by atoms with Gasteiger partial charge in [-0.1, -0.05) is 152 Å². The first kappa shape index (κ1) is 29.7. The summed E-state index contributed by atoms with van der Waals surface area (Å²) >= 11 is 0. The predicted molar refractivity (Wildman–Crippen MR) is 206 cm³/mol. The summed E-state index contributed by atoms with van der Waals surface area (Å²) in [5, 5.41) is 11.7. The van der Waals surface area contributed by atoms with Crippen molar-refractivity contribution >= 4 is 70.2 Å². The maximum Gasteiger partial charge on any atom is 0.239 e. The summed E-state index contributed by atoms with van der Waals surface area (Å²) in [7, 11) is -4.00. The Labute approximate surface area is 278 Å². The fourth-order valence-corrected chi connectivity index (χ4v) is 12.4. The van der Waals surface area contributed by atoms with Crippen molar-refractivity contribution < 1.29 is 4.89 Å². The highest BCUT2D eigenvalue weighted by atomic mass is 31.2. The molecule has 0 bridgehead atoms. The van der Waals surface area contributed by atoms with Gasteiger partial charge in [0.1, 0.15) is 15.9 Å². The zero-order chi connectivity index (χ0) is 31.6. The molecule has 47 heavy (non-hydrogen) atoms. The van der Waals surface area contributed by atoms with Gasteiger partial charge in [0.05, 0.1) is 0 Å². The van der Waals surface area contributed by atoms with Crippen LogP contribution in [0.1, 0.15) is 12.8 Å². The lowest BCUT2D eigenvalue weighted by Gasteiger charge is -2.27. The standard InChI is InChI=1S/C44H35OP2/c45-47(37-23-9-3-10-24-37,38-25-11-4-12-26-38)42-32-30-34-18-14-16-28-40(34)44(42)43-39-27-15-13-17-33(39)29-31-41(43)46(35-19-5-1-6-20-35)36-21-7-2-8-22-36/h1-12,14,16-32,45H,13,15H2/q+1. The van der Waals surface area contributed by atoms with Crippen LogP contribution in [0.2, 0.25) is 0 Å². The van der Waals surface area contributed by atoms with Crippen LogP contribution in [-0.4, -0.2) is 4.89 Å². The molecule has 0 fully saturated rings. The highest BCUT2D eigenvalue weighted by Crippen LogP contribution is 2.54. The minimum atomic E-state index is -3.08. The molecule has 0 saturated heterocycles. The molecule has 3 heteroatoms. The Kier molecular flexibility index (Phi) is 8.14. The Morgan fingerprint density at radius 3 is 1.62 bits per heavy atom. The van der Waals surface area contributed by atoms with E-state index in [1.165, 1.54) is 42.7 Å². The average Bonchev–Trinajstić information content (AvgIpc) is 3.16. The highest BCUT2D eigenvalue weighted by molar-refractivity contribution is 7.91. The van der Waals surface area contributed by atoms with Crippen LogP contribution in [-0.2, 0) is 0 Å². The Balaban J connectivity index is 1.56. The van der Waals surface area contributed by atoms with Gasteiger partial charge < -0.3 is 0 Å². The zero-order valence-electron chi connectivity index (χ0n) is 26.1. The first-order chi connectivity index (χ1) is 23.2. The van der Waals surface area contributed by atoms with Gasteiger partial charge >= 0.3 is 0 Å². The normalized spacial score (nSPS) is 12.7. The van der Waals surface area contributed by atoms with E-state index < -0.39 is 15.4 Å². The van der Waals surface area contributed by atoms with Gasteiger partial charge in [0.2, 0.25) is 7.49 Å². The molecule has 1 aliphatic rings. The van der Waals surface area contributed by atoms with Crippen molar-refractivity contribution in [1.82, 2.24) is 0 Å². The van der Waals surface area contributed by atoms with Crippen LogP contribution in [0, 0.1) is 0 Å². The number of rotatable bonds is 7. The van der Waals surface area contributed by atoms with Gasteiger partial charge in [-0.2, -0.15) is 0 Å². The Bertz CT molecular complexity index is 2220. The fraction of sp³-hybridized carbons (Fsp3) is 0.0455. The smallest absolute Gasteiger partial charge is 0.235 e. The molecule has 0 aromatic heterocycles. The molecule has 0 heterocycles. The van der Waals surface area contributed by atoms with E-state index >= 15 is 0 Å². The summed E-state index contributed by atoms with van der Waals surface area (Å²) in [5.41, 5.74) is 2.39. The minimum Gasteiger partial charge on any atom is -0.235 e. The van der Waals surface area contributed by atoms with Gasteiger partial charge in [-0.3, -0.25) is 0 Å². The van der Waals surface area contributed by atoms with E-state index in [2.05, 4.69) is 146 Å². The minimum absolute atomic E-state index is 0.921. The van der Waals surface area contributed by atoms with Crippen molar-refractivity contribution in [3.05, 3.63) is 180 Å². The van der Waals surface area contributed by atoms with E-state index in [0.717, 1.165) is 34.3 Å². The number of hydrogen-bond acceptors (Lipinski definition) is 1. The monoisotopic (exact) mass is 641 g/mol. The number of hydrogen-bond donors (Lipinski definition) is 1. The Hall–Kier alpha value is -4.64. The first-order valence-corrected chi connectivity index (χ1v) is 19.3. The van der Waals surface area contributed by atoms with Crippen molar-refractivity contribution in [3.63, 3.8) is 0 Å². The molecule has 7 aromatic rings. The lowest BCUT2D eigenvalue weighted by molar-refractivity contribution is 0.633. The Morgan fingerprint density at radius 1 is 0.468 bits per heavy atom. The second kappa shape index (κ2) is 12.9. The first-order valence-electron chi connectivity index (χ1n) is 16.2. The second-order valence-corrected chi connectivity index (χ2v) is 16.9. The van der Waals surface area contributed by atoms with E-state index in [4.69, 9.17) is 0 Å². The van der Waals surface area contributed by atoms with Crippen LogP contribution in [0.4, 0.5) is 0 Å². The van der Waals surface area contributed by atoms with Gasteiger partial charge in [-0.25, -0.2) is 4.89 Å². The van der Waals surface area contributed by atoms with Gasteiger partial charge in [-0.15, -0.1) is 0 Å². The van der Waals surface area contributed by atoms with Crippen LogP contribution >= 0.6 is 15.4 Å². The molecular formula is C44H35OP2+. The molecule has 226 valence electrons. The summed E-state index contributed by atoms with van der Waals surface area (Å²) in [5.74, 6) is 0. The van der Waals surface area contributed by atoms with Gasteiger partial charge in [0, 0.05) is 11.1 Å². The van der Waals surface area contributed by atoms with Crippen molar-refractivity contribution in [2.75, 3.05) is 0 Å². The number of fused-ring (bicyclic) bond motifs is 2. The average molecular weight is 642 g/mol. The molecule has 0 radical (unpaired) electrons. The number of benzene rings is 7. The lowest BCUT2D eigenvalue weighted by atomic mass is 9.93. The third-order valence-corrected chi connectivity index (χ3v) is 14.8. The summed E-state index contributed by atoms with van der Waals surface area (Å²) < 4.78 is 0. The molecule has 0 unspecified atom stereocenters. The van der Waals surface area contributed by atoms with Crippen LogP contribution in [0.3, 0.4) is 0 Å². The van der Waals surface area contributed by atoms with E-state index in [0.29, 0.717) is 0 Å². The van der Waals surface area contributed by atoms with Crippen LogP contribution in [0.15, 0.2) is 170 Å². The topological polar surface area (TPSA) is 20.2 Å². The van der Waals surface area contributed by atoms with Crippen LogP contribution in [0.25, 0.3) is 34.1 Å². The van der Waals surface area contributed by atoms with E-state index in [-0.39, 0.29) is 0 Å². The molecule has 0 amide bonds. The van der Waals surface area contributed by atoms with E-state index in [1.54, 1.807) is 0 Å². The largest absolute Gasteiger partial charge is 0.239 e. The third-order valence-electron chi connectivity index (χ3n) is 9.17. The molecular weight excluding hydrogens is 606 g/mol. The van der Waals surface area contributed by atoms with Gasteiger partial charge in [0.15, 0.2) is 0 Å². The van der Waals surface area contributed by atoms with Gasteiger partial charge in [0.25, 0.3) is 0 Å². The summed E-state index contributed by atoms with van der Waals surface area (Å²) in [6, 6.07) is 60.4. The summed E-state index contributed by atoms with van der Waals surface area (Å²) in [6.45, 7) is 0. The molecule has 0 saturated carbocycles. The molecule has 1 aliphatic carbocycles. The molecule has 1 N–H and O–H groups in total. The van der Waals surface area contributed by atoms with Crippen molar-refractivity contribution in [2.24, 2.45) is 0 Å². The fourth-order valence-electron chi connectivity index (χ4n) is 7.03. The molecule has 0 spiro atoms. The molecule has 7 aromatic carbocycles. The summed E-state index contributed by atoms with van der Waals surface area (Å²) in [4.78, 5) is 13.5. The molecule has 0 aliphatic heterocycles. The highest BCUT2D eigenvalue weighted by Gasteiger charge is 2.47. The molecule has 0 atom stereocenters. The van der Waals surface area contributed by atoms with E-state index in [1.807, 2.05) is 36.4 Å². The maximum absolute atomic E-state index is 13.5. The SMILES string of the molecule is O[P+](c1ccccc1)(c1ccccc1)c1ccc2ccccc2c1-c1c(P(c2ccccc2)c2ccccc2)ccc2c1=CCCC=2. The zero-order valence-corrected chi connectivity index (χ0v) is 27.9. The van der Waals surface area contributed by atoms with Crippen molar-refractivity contribution in [2.45, 2.75) is 12.8 Å². The van der Waals surface area contributed by atoms with Crippen LogP contribution in [0.5, 0.6) is 0 Å². The lowest BCUT2D eigenvalue weighted by Crippen LogP contribution is -2.38. The van der Waals surface area contributed by atoms with Gasteiger partial charge in [-0.05, 0) is 88.2 Å².